The van der Waals surface area contributed by atoms with Crippen LogP contribution in [0.25, 0.3) is 0 Å². The molecule has 0 heterocycles. The van der Waals surface area contributed by atoms with E-state index in [-0.39, 0.29) is 24.8 Å². The smallest absolute Gasteiger partial charge is 0.232 e. The molecule has 26 heavy (non-hydrogen) atoms. The van der Waals surface area contributed by atoms with Gasteiger partial charge in [-0.2, -0.15) is 0 Å². The van der Waals surface area contributed by atoms with E-state index in [1.165, 1.54) is 4.31 Å². The molecule has 5 nitrogen and oxygen atoms in total. The molecule has 2 aromatic rings. The minimum absolute atomic E-state index is 0.0772. The normalized spacial score (nSPS) is 11.4. The van der Waals surface area contributed by atoms with E-state index in [2.05, 4.69) is 19.2 Å². The van der Waals surface area contributed by atoms with Crippen LogP contribution in [-0.4, -0.2) is 27.1 Å². The second-order valence-electron chi connectivity index (χ2n) is 6.66. The van der Waals surface area contributed by atoms with E-state index < -0.39 is 10.0 Å². The van der Waals surface area contributed by atoms with Gasteiger partial charge in [-0.25, -0.2) is 8.42 Å². The fraction of sp³-hybridized carbons (Fsp3) is 0.350. The lowest BCUT2D eigenvalue weighted by atomic mass is 10.0. The van der Waals surface area contributed by atoms with Gasteiger partial charge in [-0.05, 0) is 36.1 Å². The summed E-state index contributed by atoms with van der Waals surface area (Å²) < 4.78 is 25.7. The molecule has 0 aliphatic carbocycles. The first-order chi connectivity index (χ1) is 12.2. The third-order valence-corrected chi connectivity index (χ3v) is 5.36. The SMILES string of the molecule is Cc1ccccc1N(CCC(=O)Nc1ccccc1C(C)C)S(C)(=O)=O. The number of anilines is 2. The molecule has 0 aliphatic heterocycles. The van der Waals surface area contributed by atoms with Gasteiger partial charge in [-0.15, -0.1) is 0 Å². The molecule has 0 aliphatic rings. The van der Waals surface area contributed by atoms with Crippen LogP contribution in [-0.2, 0) is 14.8 Å². The van der Waals surface area contributed by atoms with Gasteiger partial charge in [0.25, 0.3) is 0 Å². The Hall–Kier alpha value is -2.34. The number of nitrogens with zero attached hydrogens (tertiary/aromatic N) is 1. The molecule has 0 fully saturated rings. The molecule has 0 aromatic heterocycles. The van der Waals surface area contributed by atoms with Gasteiger partial charge in [-0.1, -0.05) is 50.2 Å². The molecule has 2 aromatic carbocycles. The summed E-state index contributed by atoms with van der Waals surface area (Å²) in [7, 11) is -3.48. The van der Waals surface area contributed by atoms with Gasteiger partial charge >= 0.3 is 0 Å². The molecule has 0 bridgehead atoms. The maximum atomic E-state index is 12.4. The number of carbonyl (C=O) groups excluding carboxylic acids is 1. The van der Waals surface area contributed by atoms with Crippen molar-refractivity contribution in [3.05, 3.63) is 59.7 Å². The van der Waals surface area contributed by atoms with Gasteiger partial charge in [0.05, 0.1) is 11.9 Å². The maximum Gasteiger partial charge on any atom is 0.232 e. The average Bonchev–Trinajstić information content (AvgIpc) is 2.55. The van der Waals surface area contributed by atoms with E-state index >= 15 is 0 Å². The van der Waals surface area contributed by atoms with E-state index in [1.807, 2.05) is 43.3 Å². The molecule has 0 saturated heterocycles. The topological polar surface area (TPSA) is 66.5 Å². The predicted octanol–water partition coefficient (Wildman–Crippen LogP) is 3.91. The maximum absolute atomic E-state index is 12.4. The summed E-state index contributed by atoms with van der Waals surface area (Å²) in [6, 6.07) is 14.9. The first-order valence-electron chi connectivity index (χ1n) is 8.62. The van der Waals surface area contributed by atoms with Crippen molar-refractivity contribution in [2.24, 2.45) is 0 Å². The Balaban J connectivity index is 2.13. The van der Waals surface area contributed by atoms with Crippen LogP contribution in [0.5, 0.6) is 0 Å². The number of amides is 1. The van der Waals surface area contributed by atoms with Crippen molar-refractivity contribution < 1.29 is 13.2 Å². The molecule has 1 amide bonds. The lowest BCUT2D eigenvalue weighted by Gasteiger charge is -2.24. The van der Waals surface area contributed by atoms with Crippen molar-refractivity contribution in [2.75, 3.05) is 22.4 Å². The summed E-state index contributed by atoms with van der Waals surface area (Å²) in [5.41, 5.74) is 3.28. The Morgan fingerprint density at radius 1 is 1.08 bits per heavy atom. The molecule has 0 saturated carbocycles. The standard InChI is InChI=1S/C20H26N2O3S/c1-15(2)17-10-6-7-11-18(17)21-20(23)13-14-22(26(4,24)25)19-12-8-5-9-16(19)3/h5-12,15H,13-14H2,1-4H3,(H,21,23). The highest BCUT2D eigenvalue weighted by atomic mass is 32.2. The number of rotatable bonds is 7. The van der Waals surface area contributed by atoms with Crippen LogP contribution in [0.15, 0.2) is 48.5 Å². The number of aryl methyl sites for hydroxylation is 1. The minimum Gasteiger partial charge on any atom is -0.326 e. The molecule has 0 spiro atoms. The Morgan fingerprint density at radius 2 is 1.69 bits per heavy atom. The minimum atomic E-state index is -3.48. The lowest BCUT2D eigenvalue weighted by molar-refractivity contribution is -0.116. The van der Waals surface area contributed by atoms with Crippen molar-refractivity contribution in [1.29, 1.82) is 0 Å². The summed E-state index contributed by atoms with van der Waals surface area (Å²) in [5.74, 6) is 0.0753. The first-order valence-corrected chi connectivity index (χ1v) is 10.5. The number of benzene rings is 2. The fourth-order valence-electron chi connectivity index (χ4n) is 2.84. The van der Waals surface area contributed by atoms with Crippen molar-refractivity contribution in [3.8, 4) is 0 Å². The average molecular weight is 375 g/mol. The Kier molecular flexibility index (Phi) is 6.42. The predicted molar refractivity (Wildman–Crippen MR) is 107 cm³/mol. The van der Waals surface area contributed by atoms with E-state index in [4.69, 9.17) is 0 Å². The summed E-state index contributed by atoms with van der Waals surface area (Å²) in [5, 5.41) is 2.90. The zero-order valence-electron chi connectivity index (χ0n) is 15.7. The van der Waals surface area contributed by atoms with Crippen LogP contribution < -0.4 is 9.62 Å². The molecule has 140 valence electrons. The van der Waals surface area contributed by atoms with Gasteiger partial charge in [0, 0.05) is 18.7 Å². The zero-order chi connectivity index (χ0) is 19.3. The van der Waals surface area contributed by atoms with E-state index in [0.29, 0.717) is 5.69 Å². The van der Waals surface area contributed by atoms with Crippen LogP contribution in [0.4, 0.5) is 11.4 Å². The van der Waals surface area contributed by atoms with Gasteiger partial charge < -0.3 is 5.32 Å². The van der Waals surface area contributed by atoms with E-state index in [1.54, 1.807) is 12.1 Å². The second-order valence-corrected chi connectivity index (χ2v) is 8.57. The summed E-state index contributed by atoms with van der Waals surface area (Å²) in [6.07, 6.45) is 1.24. The first kappa shape index (κ1) is 20.0. The molecular weight excluding hydrogens is 348 g/mol. The third kappa shape index (κ3) is 5.08. The number of carbonyl (C=O) groups is 1. The highest BCUT2D eigenvalue weighted by molar-refractivity contribution is 7.92. The number of nitrogens with one attached hydrogen (secondary N) is 1. The summed E-state index contributed by atoms with van der Waals surface area (Å²) >= 11 is 0. The van der Waals surface area contributed by atoms with Gasteiger partial charge in [0.2, 0.25) is 15.9 Å². The van der Waals surface area contributed by atoms with Crippen LogP contribution in [0.2, 0.25) is 0 Å². The Morgan fingerprint density at radius 3 is 2.31 bits per heavy atom. The molecule has 0 radical (unpaired) electrons. The molecule has 1 N–H and O–H groups in total. The quantitative estimate of drug-likeness (QED) is 0.799. The van der Waals surface area contributed by atoms with Crippen molar-refractivity contribution >= 4 is 27.3 Å². The van der Waals surface area contributed by atoms with E-state index in [0.717, 1.165) is 23.1 Å². The van der Waals surface area contributed by atoms with Crippen LogP contribution in [0, 0.1) is 6.92 Å². The third-order valence-electron chi connectivity index (χ3n) is 4.18. The fourth-order valence-corrected chi connectivity index (χ4v) is 3.82. The molecule has 2 rings (SSSR count). The highest BCUT2D eigenvalue weighted by Gasteiger charge is 2.20. The van der Waals surface area contributed by atoms with Gasteiger partial charge in [0.1, 0.15) is 0 Å². The number of hydrogen-bond acceptors (Lipinski definition) is 3. The summed E-state index contributed by atoms with van der Waals surface area (Å²) in [6.45, 7) is 6.08. The molecular formula is C20H26N2O3S. The van der Waals surface area contributed by atoms with Crippen LogP contribution in [0.3, 0.4) is 0 Å². The number of sulfonamides is 1. The van der Waals surface area contributed by atoms with Crippen molar-refractivity contribution in [2.45, 2.75) is 33.1 Å². The number of hydrogen-bond donors (Lipinski definition) is 1. The Labute approximate surface area is 156 Å². The highest BCUT2D eigenvalue weighted by Crippen LogP contribution is 2.25. The van der Waals surface area contributed by atoms with Crippen LogP contribution >= 0.6 is 0 Å². The lowest BCUT2D eigenvalue weighted by Crippen LogP contribution is -2.33. The van der Waals surface area contributed by atoms with Gasteiger partial charge in [0.15, 0.2) is 0 Å². The van der Waals surface area contributed by atoms with E-state index in [9.17, 15) is 13.2 Å². The van der Waals surface area contributed by atoms with Crippen molar-refractivity contribution in [3.63, 3.8) is 0 Å². The van der Waals surface area contributed by atoms with Crippen molar-refractivity contribution in [1.82, 2.24) is 0 Å². The molecule has 6 heteroatoms. The van der Waals surface area contributed by atoms with Crippen LogP contribution in [0.1, 0.15) is 37.3 Å². The summed E-state index contributed by atoms with van der Waals surface area (Å²) in [4.78, 5) is 12.4. The molecule has 0 unspecified atom stereocenters. The number of para-hydroxylation sites is 2. The molecule has 0 atom stereocenters. The monoisotopic (exact) mass is 374 g/mol. The zero-order valence-corrected chi connectivity index (χ0v) is 16.5. The largest absolute Gasteiger partial charge is 0.326 e. The van der Waals surface area contributed by atoms with Gasteiger partial charge in [-0.3, -0.25) is 9.10 Å². The second kappa shape index (κ2) is 8.36. The Bertz CT molecular complexity index is 876.